The maximum absolute atomic E-state index is 4.72. The Bertz CT molecular complexity index is 447. The molecule has 0 radical (unpaired) electrons. The maximum Gasteiger partial charge on any atom is 0.224 e. The van der Waals surface area contributed by atoms with Crippen LogP contribution in [-0.2, 0) is 0 Å². The van der Waals surface area contributed by atoms with Crippen molar-refractivity contribution >= 4 is 23.5 Å². The van der Waals surface area contributed by atoms with Crippen LogP contribution in [0, 0.1) is 6.92 Å². The highest BCUT2D eigenvalue weighted by Gasteiger charge is 2.25. The molecule has 1 aliphatic heterocycles. The third-order valence-corrected chi connectivity index (χ3v) is 4.99. The summed E-state index contributed by atoms with van der Waals surface area (Å²) in [4.78, 5) is 11.5. The zero-order valence-electron chi connectivity index (χ0n) is 13.1. The Morgan fingerprint density at radius 3 is 2.95 bits per heavy atom. The van der Waals surface area contributed by atoms with E-state index in [0.717, 1.165) is 49.1 Å². The van der Waals surface area contributed by atoms with Crippen molar-refractivity contribution in [1.82, 2.24) is 9.97 Å². The van der Waals surface area contributed by atoms with Crippen LogP contribution in [0.25, 0.3) is 0 Å². The Labute approximate surface area is 126 Å². The Morgan fingerprint density at radius 2 is 2.20 bits per heavy atom. The van der Waals surface area contributed by atoms with E-state index in [1.165, 1.54) is 6.42 Å². The second-order valence-corrected chi connectivity index (χ2v) is 7.77. The highest BCUT2D eigenvalue weighted by Crippen LogP contribution is 2.32. The topological polar surface area (TPSA) is 41.1 Å². The molecule has 4 nitrogen and oxygen atoms in total. The van der Waals surface area contributed by atoms with Gasteiger partial charge in [-0.25, -0.2) is 4.98 Å². The van der Waals surface area contributed by atoms with E-state index in [1.54, 1.807) is 0 Å². The first-order valence-corrected chi connectivity index (χ1v) is 8.47. The summed E-state index contributed by atoms with van der Waals surface area (Å²) in [7, 11) is 0. The molecule has 1 N–H and O–H groups in total. The molecule has 2 rings (SSSR count). The minimum absolute atomic E-state index is 0.374. The molecule has 0 spiro atoms. The van der Waals surface area contributed by atoms with E-state index in [2.05, 4.69) is 54.7 Å². The van der Waals surface area contributed by atoms with Crippen LogP contribution in [0.2, 0.25) is 0 Å². The van der Waals surface area contributed by atoms with Crippen molar-refractivity contribution in [2.75, 3.05) is 35.6 Å². The van der Waals surface area contributed by atoms with E-state index in [-0.39, 0.29) is 0 Å². The largest absolute Gasteiger partial charge is 0.355 e. The molecular weight excluding hydrogens is 268 g/mol. The number of hydrogen-bond acceptors (Lipinski definition) is 5. The number of hydrogen-bond donors (Lipinski definition) is 1. The summed E-state index contributed by atoms with van der Waals surface area (Å²) in [5.41, 5.74) is 1.16. The predicted molar refractivity (Wildman–Crippen MR) is 88.9 cm³/mol. The van der Waals surface area contributed by atoms with Crippen molar-refractivity contribution in [2.24, 2.45) is 0 Å². The van der Waals surface area contributed by atoms with Crippen molar-refractivity contribution in [3.8, 4) is 0 Å². The molecule has 1 fully saturated rings. The molecule has 20 heavy (non-hydrogen) atoms. The minimum Gasteiger partial charge on any atom is -0.355 e. The van der Waals surface area contributed by atoms with Crippen molar-refractivity contribution in [1.29, 1.82) is 0 Å². The number of aromatic nitrogens is 2. The van der Waals surface area contributed by atoms with E-state index in [1.807, 2.05) is 6.20 Å². The van der Waals surface area contributed by atoms with Crippen molar-refractivity contribution in [3.05, 3.63) is 11.8 Å². The van der Waals surface area contributed by atoms with Gasteiger partial charge in [0.2, 0.25) is 5.95 Å². The predicted octanol–water partition coefficient (Wildman–Crippen LogP) is 3.33. The van der Waals surface area contributed by atoms with Gasteiger partial charge in [0, 0.05) is 41.9 Å². The number of nitrogens with zero attached hydrogens (tertiary/aromatic N) is 3. The van der Waals surface area contributed by atoms with Crippen LogP contribution >= 0.6 is 11.8 Å². The average Bonchev–Trinajstić information content (AvgIpc) is 2.59. The molecule has 0 aliphatic carbocycles. The first-order valence-electron chi connectivity index (χ1n) is 7.48. The first kappa shape index (κ1) is 15.4. The number of thioether (sulfide) groups is 1. The number of rotatable bonds is 4. The van der Waals surface area contributed by atoms with Gasteiger partial charge in [-0.2, -0.15) is 16.7 Å². The zero-order chi connectivity index (χ0) is 14.6. The van der Waals surface area contributed by atoms with Crippen LogP contribution in [0.1, 0.15) is 39.2 Å². The number of anilines is 2. The summed E-state index contributed by atoms with van der Waals surface area (Å²) in [6.45, 7) is 12.0. The van der Waals surface area contributed by atoms with Gasteiger partial charge in [0.1, 0.15) is 5.82 Å². The van der Waals surface area contributed by atoms with Crippen LogP contribution < -0.4 is 10.2 Å². The molecule has 0 amide bonds. The van der Waals surface area contributed by atoms with E-state index >= 15 is 0 Å². The molecule has 112 valence electrons. The van der Waals surface area contributed by atoms with E-state index in [4.69, 9.17) is 4.98 Å². The van der Waals surface area contributed by atoms with Crippen molar-refractivity contribution < 1.29 is 0 Å². The van der Waals surface area contributed by atoms with Gasteiger partial charge >= 0.3 is 0 Å². The summed E-state index contributed by atoms with van der Waals surface area (Å²) in [6.07, 6.45) is 4.21. The lowest BCUT2D eigenvalue weighted by Gasteiger charge is -2.24. The van der Waals surface area contributed by atoms with Crippen LogP contribution in [-0.4, -0.2) is 40.1 Å². The van der Waals surface area contributed by atoms with Gasteiger partial charge in [0.05, 0.1) is 0 Å². The highest BCUT2D eigenvalue weighted by atomic mass is 32.2. The Kier molecular flexibility index (Phi) is 5.13. The Balaban J connectivity index is 2.14. The molecule has 1 aromatic rings. The summed E-state index contributed by atoms with van der Waals surface area (Å²) >= 11 is 2.06. The molecule has 0 bridgehead atoms. The fourth-order valence-electron chi connectivity index (χ4n) is 2.31. The van der Waals surface area contributed by atoms with Gasteiger partial charge < -0.3 is 10.2 Å². The van der Waals surface area contributed by atoms with E-state index in [9.17, 15) is 0 Å². The fraction of sp³-hybridized carbons (Fsp3) is 0.733. The SMILES string of the molecule is CCCNc1ncc(C)c(N2CCSC(C)(C)CC2)n1. The molecule has 0 saturated carbocycles. The van der Waals surface area contributed by atoms with Crippen molar-refractivity contribution in [2.45, 2.75) is 45.3 Å². The van der Waals surface area contributed by atoms with Crippen LogP contribution in [0.4, 0.5) is 11.8 Å². The molecule has 5 heteroatoms. The lowest BCUT2D eigenvalue weighted by atomic mass is 10.1. The summed E-state index contributed by atoms with van der Waals surface area (Å²) in [5.74, 6) is 3.01. The standard InChI is InChI=1S/C15H26N4S/c1-5-7-16-14-17-11-12(2)13(18-14)19-8-6-15(3,4)20-10-9-19/h11H,5-10H2,1-4H3,(H,16,17,18). The summed E-state index contributed by atoms with van der Waals surface area (Å²) < 4.78 is 0.374. The van der Waals surface area contributed by atoms with Gasteiger partial charge in [0.15, 0.2) is 0 Å². The summed E-state index contributed by atoms with van der Waals surface area (Å²) in [5, 5.41) is 3.28. The van der Waals surface area contributed by atoms with Gasteiger partial charge in [0.25, 0.3) is 0 Å². The normalized spacial score (nSPS) is 18.7. The van der Waals surface area contributed by atoms with Crippen LogP contribution in [0.15, 0.2) is 6.20 Å². The molecule has 1 aromatic heterocycles. The minimum atomic E-state index is 0.374. The summed E-state index contributed by atoms with van der Waals surface area (Å²) in [6, 6.07) is 0. The third-order valence-electron chi connectivity index (χ3n) is 3.62. The average molecular weight is 294 g/mol. The van der Waals surface area contributed by atoms with Crippen LogP contribution in [0.5, 0.6) is 0 Å². The zero-order valence-corrected chi connectivity index (χ0v) is 13.9. The number of nitrogens with one attached hydrogen (secondary N) is 1. The molecule has 1 saturated heterocycles. The fourth-order valence-corrected chi connectivity index (χ4v) is 3.41. The van der Waals surface area contributed by atoms with E-state index in [0.29, 0.717) is 4.75 Å². The maximum atomic E-state index is 4.72. The van der Waals surface area contributed by atoms with Gasteiger partial charge in [-0.15, -0.1) is 0 Å². The van der Waals surface area contributed by atoms with Gasteiger partial charge in [-0.05, 0) is 19.8 Å². The highest BCUT2D eigenvalue weighted by molar-refractivity contribution is 8.00. The van der Waals surface area contributed by atoms with Crippen molar-refractivity contribution in [3.63, 3.8) is 0 Å². The quantitative estimate of drug-likeness (QED) is 0.922. The molecule has 1 aliphatic rings. The molecular formula is C15H26N4S. The molecule has 2 heterocycles. The molecule has 0 aromatic carbocycles. The number of aryl methyl sites for hydroxylation is 1. The molecule has 0 unspecified atom stereocenters. The smallest absolute Gasteiger partial charge is 0.224 e. The third kappa shape index (κ3) is 4.01. The lowest BCUT2D eigenvalue weighted by molar-refractivity contribution is 0.634. The second kappa shape index (κ2) is 6.66. The molecule has 0 atom stereocenters. The first-order chi connectivity index (χ1) is 9.52. The second-order valence-electron chi connectivity index (χ2n) is 5.97. The van der Waals surface area contributed by atoms with E-state index < -0.39 is 0 Å². The Morgan fingerprint density at radius 1 is 1.40 bits per heavy atom. The lowest BCUT2D eigenvalue weighted by Crippen LogP contribution is -2.28. The monoisotopic (exact) mass is 294 g/mol. The van der Waals surface area contributed by atoms with Crippen LogP contribution in [0.3, 0.4) is 0 Å². The van der Waals surface area contributed by atoms with Gasteiger partial charge in [-0.3, -0.25) is 0 Å². The van der Waals surface area contributed by atoms with Gasteiger partial charge in [-0.1, -0.05) is 20.8 Å². The Hall–Kier alpha value is -0.970.